The van der Waals surface area contributed by atoms with Crippen LogP contribution in [0.25, 0.3) is 5.57 Å². The first-order valence-corrected chi connectivity index (χ1v) is 6.70. The molecule has 0 spiro atoms. The Bertz CT molecular complexity index is 687. The number of methoxy groups -OCH3 is 1. The third-order valence-corrected chi connectivity index (χ3v) is 4.01. The zero-order chi connectivity index (χ0) is 13.4. The highest BCUT2D eigenvalue weighted by molar-refractivity contribution is 9.10. The first-order chi connectivity index (χ1) is 9.22. The van der Waals surface area contributed by atoms with E-state index in [0.29, 0.717) is 5.56 Å². The second kappa shape index (κ2) is 4.67. The summed E-state index contributed by atoms with van der Waals surface area (Å²) in [6, 6.07) is 13.5. The molecule has 0 atom stereocenters. The number of rotatable bonds is 2. The van der Waals surface area contributed by atoms with Crippen LogP contribution in [0.2, 0.25) is 0 Å². The monoisotopic (exact) mass is 314 g/mol. The van der Waals surface area contributed by atoms with E-state index in [1.807, 2.05) is 42.5 Å². The molecule has 0 bridgehead atoms. The lowest BCUT2D eigenvalue weighted by Gasteiger charge is -2.11. The fraction of sp³-hybridized carbons (Fsp3) is 0.0625. The van der Waals surface area contributed by atoms with E-state index in [1.54, 1.807) is 13.2 Å². The number of fused-ring (bicyclic) bond motifs is 1. The Labute approximate surface area is 119 Å². The fourth-order valence-corrected chi connectivity index (χ4v) is 3.03. The molecule has 1 aliphatic rings. The molecular weight excluding hydrogens is 304 g/mol. The number of carbonyl (C=O) groups is 1. The van der Waals surface area contributed by atoms with Crippen molar-refractivity contribution in [2.75, 3.05) is 7.11 Å². The van der Waals surface area contributed by atoms with E-state index in [4.69, 9.17) is 4.74 Å². The van der Waals surface area contributed by atoms with Gasteiger partial charge in [0.15, 0.2) is 5.78 Å². The highest BCUT2D eigenvalue weighted by Gasteiger charge is 2.26. The highest BCUT2D eigenvalue weighted by atomic mass is 79.9. The van der Waals surface area contributed by atoms with Gasteiger partial charge >= 0.3 is 0 Å². The highest BCUT2D eigenvalue weighted by Crippen LogP contribution is 2.41. The lowest BCUT2D eigenvalue weighted by Crippen LogP contribution is -1.95. The molecule has 0 unspecified atom stereocenters. The number of benzene rings is 2. The van der Waals surface area contributed by atoms with E-state index < -0.39 is 0 Å². The van der Waals surface area contributed by atoms with Crippen molar-refractivity contribution in [3.05, 3.63) is 69.7 Å². The summed E-state index contributed by atoms with van der Waals surface area (Å²) in [6.45, 7) is 0. The maximum Gasteiger partial charge on any atom is 0.187 e. The van der Waals surface area contributed by atoms with E-state index >= 15 is 0 Å². The SMILES string of the molecule is COc1ccc2c(c1Br)C(c1ccccc1)=CC2=O. The van der Waals surface area contributed by atoms with Crippen molar-refractivity contribution in [2.24, 2.45) is 0 Å². The van der Waals surface area contributed by atoms with E-state index in [1.165, 1.54) is 0 Å². The summed E-state index contributed by atoms with van der Waals surface area (Å²) in [4.78, 5) is 12.1. The van der Waals surface area contributed by atoms with Crippen LogP contribution in [0.5, 0.6) is 5.75 Å². The van der Waals surface area contributed by atoms with Crippen LogP contribution in [0.3, 0.4) is 0 Å². The molecule has 3 rings (SSSR count). The standard InChI is InChI=1S/C16H11BrO2/c1-19-14-8-7-11-13(18)9-12(15(11)16(14)17)10-5-3-2-4-6-10/h2-9H,1H3. The quantitative estimate of drug-likeness (QED) is 0.834. The zero-order valence-corrected chi connectivity index (χ0v) is 11.9. The zero-order valence-electron chi connectivity index (χ0n) is 10.3. The molecular formula is C16H11BrO2. The van der Waals surface area contributed by atoms with E-state index in [9.17, 15) is 4.79 Å². The van der Waals surface area contributed by atoms with Gasteiger partial charge in [-0.15, -0.1) is 0 Å². The van der Waals surface area contributed by atoms with E-state index in [0.717, 1.165) is 26.9 Å². The Morgan fingerprint density at radius 3 is 2.47 bits per heavy atom. The van der Waals surface area contributed by atoms with Gasteiger partial charge in [-0.3, -0.25) is 4.79 Å². The summed E-state index contributed by atoms with van der Waals surface area (Å²) in [5.74, 6) is 0.771. The van der Waals surface area contributed by atoms with Crippen LogP contribution in [0.1, 0.15) is 21.5 Å². The van der Waals surface area contributed by atoms with Crippen LogP contribution in [-0.4, -0.2) is 12.9 Å². The van der Waals surface area contributed by atoms with Gasteiger partial charge in [0, 0.05) is 11.1 Å². The topological polar surface area (TPSA) is 26.3 Å². The molecule has 0 heterocycles. The average molecular weight is 315 g/mol. The van der Waals surface area contributed by atoms with Gasteiger partial charge < -0.3 is 4.74 Å². The molecule has 2 aromatic rings. The Kier molecular flexibility index (Phi) is 2.99. The van der Waals surface area contributed by atoms with Crippen molar-refractivity contribution in [2.45, 2.75) is 0 Å². The maximum absolute atomic E-state index is 12.1. The second-order valence-electron chi connectivity index (χ2n) is 4.29. The van der Waals surface area contributed by atoms with Crippen LogP contribution in [0.15, 0.2) is 53.0 Å². The number of ketones is 1. The van der Waals surface area contributed by atoms with Crippen molar-refractivity contribution in [1.29, 1.82) is 0 Å². The number of hydrogen-bond donors (Lipinski definition) is 0. The molecule has 0 aliphatic heterocycles. The summed E-state index contributed by atoms with van der Waals surface area (Å²) in [6.07, 6.45) is 1.68. The number of hydrogen-bond acceptors (Lipinski definition) is 2. The number of carbonyl (C=O) groups excluding carboxylic acids is 1. The van der Waals surface area contributed by atoms with Crippen molar-refractivity contribution < 1.29 is 9.53 Å². The van der Waals surface area contributed by atoms with Crippen LogP contribution in [0.4, 0.5) is 0 Å². The van der Waals surface area contributed by atoms with Crippen LogP contribution in [0, 0.1) is 0 Å². The van der Waals surface area contributed by atoms with Crippen LogP contribution in [-0.2, 0) is 0 Å². The summed E-state index contributed by atoms with van der Waals surface area (Å²) in [5.41, 5.74) is 3.59. The van der Waals surface area contributed by atoms with Gasteiger partial charge in [0.05, 0.1) is 11.6 Å². The molecule has 0 saturated heterocycles. The van der Waals surface area contributed by atoms with Gasteiger partial charge in [-0.2, -0.15) is 0 Å². The first-order valence-electron chi connectivity index (χ1n) is 5.90. The summed E-state index contributed by atoms with van der Waals surface area (Å²) < 4.78 is 6.13. The Morgan fingerprint density at radius 2 is 1.79 bits per heavy atom. The third kappa shape index (κ3) is 1.90. The maximum atomic E-state index is 12.1. The molecule has 3 heteroatoms. The predicted octanol–water partition coefficient (Wildman–Crippen LogP) is 4.09. The van der Waals surface area contributed by atoms with Gasteiger partial charge in [0.25, 0.3) is 0 Å². The van der Waals surface area contributed by atoms with Crippen molar-refractivity contribution in [3.63, 3.8) is 0 Å². The summed E-state index contributed by atoms with van der Waals surface area (Å²) in [7, 11) is 1.62. The smallest absolute Gasteiger partial charge is 0.187 e. The van der Waals surface area contributed by atoms with Gasteiger partial charge in [-0.1, -0.05) is 30.3 Å². The van der Waals surface area contributed by atoms with Crippen molar-refractivity contribution in [1.82, 2.24) is 0 Å². The minimum absolute atomic E-state index is 0.0391. The van der Waals surface area contributed by atoms with Crippen LogP contribution < -0.4 is 4.74 Å². The fourth-order valence-electron chi connectivity index (χ4n) is 2.31. The molecule has 0 aromatic heterocycles. The number of halogens is 1. The number of ether oxygens (including phenoxy) is 1. The molecule has 1 aliphatic carbocycles. The largest absolute Gasteiger partial charge is 0.496 e. The molecule has 0 N–H and O–H groups in total. The van der Waals surface area contributed by atoms with Gasteiger partial charge in [0.1, 0.15) is 5.75 Å². The number of allylic oxidation sites excluding steroid dienone is 1. The molecule has 0 radical (unpaired) electrons. The Balaban J connectivity index is 2.24. The normalized spacial score (nSPS) is 13.2. The minimum Gasteiger partial charge on any atom is -0.496 e. The van der Waals surface area contributed by atoms with Crippen LogP contribution >= 0.6 is 15.9 Å². The third-order valence-electron chi connectivity index (χ3n) is 3.22. The van der Waals surface area contributed by atoms with Gasteiger partial charge in [-0.25, -0.2) is 0 Å². The lowest BCUT2D eigenvalue weighted by atomic mass is 9.99. The van der Waals surface area contributed by atoms with E-state index in [-0.39, 0.29) is 5.78 Å². The summed E-state index contributed by atoms with van der Waals surface area (Å²) in [5, 5.41) is 0. The first kappa shape index (κ1) is 12.2. The molecule has 0 saturated carbocycles. The predicted molar refractivity (Wildman–Crippen MR) is 78.5 cm³/mol. The Hall–Kier alpha value is -1.87. The molecule has 0 fully saturated rings. The second-order valence-corrected chi connectivity index (χ2v) is 5.09. The average Bonchev–Trinajstić information content (AvgIpc) is 2.79. The molecule has 19 heavy (non-hydrogen) atoms. The van der Waals surface area contributed by atoms with Crippen molar-refractivity contribution in [3.8, 4) is 5.75 Å². The summed E-state index contributed by atoms with van der Waals surface area (Å²) >= 11 is 3.54. The van der Waals surface area contributed by atoms with Crippen molar-refractivity contribution >= 4 is 27.3 Å². The van der Waals surface area contributed by atoms with Gasteiger partial charge in [-0.05, 0) is 45.3 Å². The molecule has 94 valence electrons. The Morgan fingerprint density at radius 1 is 1.05 bits per heavy atom. The molecule has 0 amide bonds. The molecule has 2 nitrogen and oxygen atoms in total. The molecule has 2 aromatic carbocycles. The van der Waals surface area contributed by atoms with Gasteiger partial charge in [0.2, 0.25) is 0 Å². The minimum atomic E-state index is 0.0391. The van der Waals surface area contributed by atoms with E-state index in [2.05, 4.69) is 15.9 Å². The lowest BCUT2D eigenvalue weighted by molar-refractivity contribution is 0.105.